The molecule has 90 valence electrons. The van der Waals surface area contributed by atoms with E-state index in [4.69, 9.17) is 4.42 Å². The zero-order valence-corrected chi connectivity index (χ0v) is 10.9. The Morgan fingerprint density at radius 2 is 2.19 bits per heavy atom. The summed E-state index contributed by atoms with van der Waals surface area (Å²) in [4.78, 5) is 0. The molecule has 1 N–H and O–H groups in total. The molecule has 0 bridgehead atoms. The minimum Gasteiger partial charge on any atom is -0.467 e. The smallest absolute Gasteiger partial charge is 0.126 e. The molecule has 1 aliphatic rings. The van der Waals surface area contributed by atoms with Gasteiger partial charge in [-0.15, -0.1) is 0 Å². The predicted octanol–water partition coefficient (Wildman–Crippen LogP) is 3.47. The number of nitrogens with one attached hydrogen (secondary N) is 1. The minimum atomic E-state index is 0.0321. The second kappa shape index (κ2) is 3.92. The molecule has 2 nitrogen and oxygen atoms in total. The minimum absolute atomic E-state index is 0.0321. The van der Waals surface area contributed by atoms with Crippen LogP contribution in [0.5, 0.6) is 0 Å². The van der Waals surface area contributed by atoms with Crippen molar-refractivity contribution < 1.29 is 4.42 Å². The molecule has 1 aromatic rings. The molecule has 1 aromatic heterocycles. The molecule has 0 amide bonds. The molecule has 16 heavy (non-hydrogen) atoms. The maximum Gasteiger partial charge on any atom is 0.126 e. The fourth-order valence-corrected chi connectivity index (χ4v) is 2.40. The molecule has 0 fully saturated rings. The zero-order chi connectivity index (χ0) is 11.8. The van der Waals surface area contributed by atoms with Crippen molar-refractivity contribution in [2.24, 2.45) is 5.41 Å². The van der Waals surface area contributed by atoms with Crippen molar-refractivity contribution in [2.45, 2.75) is 52.5 Å². The number of hydrogen-bond acceptors (Lipinski definition) is 2. The summed E-state index contributed by atoms with van der Waals surface area (Å²) in [5.74, 6) is 1.16. The Bertz CT molecular complexity index is 361. The van der Waals surface area contributed by atoms with Crippen LogP contribution >= 0.6 is 0 Å². The molecule has 2 heteroatoms. The molecule has 0 saturated carbocycles. The van der Waals surface area contributed by atoms with Gasteiger partial charge < -0.3 is 9.73 Å². The molecule has 0 spiro atoms. The summed E-state index contributed by atoms with van der Waals surface area (Å²) in [6, 6.07) is 2.12. The van der Waals surface area contributed by atoms with Crippen molar-refractivity contribution in [2.75, 3.05) is 6.54 Å². The van der Waals surface area contributed by atoms with Crippen molar-refractivity contribution in [3.8, 4) is 0 Å². The van der Waals surface area contributed by atoms with Gasteiger partial charge in [0.1, 0.15) is 5.76 Å². The van der Waals surface area contributed by atoms with Gasteiger partial charge in [0.25, 0.3) is 0 Å². The summed E-state index contributed by atoms with van der Waals surface area (Å²) >= 11 is 0. The summed E-state index contributed by atoms with van der Waals surface area (Å²) in [6.45, 7) is 10.2. The molecular weight excluding hydrogens is 198 g/mol. The van der Waals surface area contributed by atoms with Gasteiger partial charge in [0, 0.05) is 6.54 Å². The number of furan rings is 1. The lowest BCUT2D eigenvalue weighted by Crippen LogP contribution is -2.44. The average molecular weight is 221 g/mol. The summed E-state index contributed by atoms with van der Waals surface area (Å²) in [5.41, 5.74) is 1.80. The van der Waals surface area contributed by atoms with E-state index in [0.29, 0.717) is 5.41 Å². The summed E-state index contributed by atoms with van der Waals surface area (Å²) in [6.07, 6.45) is 5.26. The zero-order valence-electron chi connectivity index (χ0n) is 10.9. The Balaban J connectivity index is 2.15. The van der Waals surface area contributed by atoms with Crippen molar-refractivity contribution in [3.05, 3.63) is 23.7 Å². The third-order valence-corrected chi connectivity index (χ3v) is 3.53. The Morgan fingerprint density at radius 1 is 1.44 bits per heavy atom. The first-order valence-electron chi connectivity index (χ1n) is 6.23. The number of hydrogen-bond donors (Lipinski definition) is 1. The molecule has 2 heterocycles. The fourth-order valence-electron chi connectivity index (χ4n) is 2.40. The molecular formula is C14H23NO. The first-order valence-corrected chi connectivity index (χ1v) is 6.23. The van der Waals surface area contributed by atoms with Gasteiger partial charge in [-0.3, -0.25) is 0 Å². The van der Waals surface area contributed by atoms with E-state index >= 15 is 0 Å². The summed E-state index contributed by atoms with van der Waals surface area (Å²) in [7, 11) is 0. The van der Waals surface area contributed by atoms with Gasteiger partial charge in [-0.05, 0) is 43.2 Å². The molecule has 0 radical (unpaired) electrons. The third-order valence-electron chi connectivity index (χ3n) is 3.53. The van der Waals surface area contributed by atoms with Crippen LogP contribution in [0.2, 0.25) is 0 Å². The molecule has 2 rings (SSSR count). The normalized spacial score (nSPS) is 25.5. The van der Waals surface area contributed by atoms with E-state index in [0.717, 1.165) is 25.1 Å². The monoisotopic (exact) mass is 221 g/mol. The van der Waals surface area contributed by atoms with Gasteiger partial charge in [0.05, 0.1) is 11.8 Å². The van der Waals surface area contributed by atoms with E-state index in [1.54, 1.807) is 0 Å². The standard InChI is InChI=1S/C14H23NO/c1-13(2,3)7-8-14(4)12-11(5-9-15-14)6-10-16-12/h6,10,15H,5,7-9H2,1-4H3. The Kier molecular flexibility index (Phi) is 2.87. The van der Waals surface area contributed by atoms with E-state index in [9.17, 15) is 0 Å². The van der Waals surface area contributed by atoms with E-state index < -0.39 is 0 Å². The van der Waals surface area contributed by atoms with E-state index in [1.165, 1.54) is 12.0 Å². The molecule has 0 aliphatic carbocycles. The summed E-state index contributed by atoms with van der Waals surface area (Å²) < 4.78 is 5.67. The Morgan fingerprint density at radius 3 is 2.88 bits per heavy atom. The van der Waals surface area contributed by atoms with Crippen LogP contribution in [0.25, 0.3) is 0 Å². The lowest BCUT2D eigenvalue weighted by atomic mass is 9.80. The highest BCUT2D eigenvalue weighted by Gasteiger charge is 2.35. The quantitative estimate of drug-likeness (QED) is 0.827. The first-order chi connectivity index (χ1) is 7.41. The predicted molar refractivity (Wildman–Crippen MR) is 66.5 cm³/mol. The average Bonchev–Trinajstić information content (AvgIpc) is 2.64. The Labute approximate surface area is 98.4 Å². The molecule has 1 atom stereocenters. The molecule has 0 saturated heterocycles. The van der Waals surface area contributed by atoms with Crippen LogP contribution in [0.4, 0.5) is 0 Å². The number of rotatable bonds is 2. The first kappa shape index (κ1) is 11.7. The third kappa shape index (κ3) is 2.32. The number of fused-ring (bicyclic) bond motifs is 1. The van der Waals surface area contributed by atoms with Crippen LogP contribution in [0, 0.1) is 5.41 Å². The van der Waals surface area contributed by atoms with Gasteiger partial charge in [-0.2, -0.15) is 0 Å². The van der Waals surface area contributed by atoms with Gasteiger partial charge >= 0.3 is 0 Å². The second-order valence-electron chi connectivity index (χ2n) is 6.34. The van der Waals surface area contributed by atoms with Gasteiger partial charge in [-0.1, -0.05) is 20.8 Å². The summed E-state index contributed by atoms with van der Waals surface area (Å²) in [5, 5.41) is 3.62. The van der Waals surface area contributed by atoms with Gasteiger partial charge in [0.15, 0.2) is 0 Å². The maximum absolute atomic E-state index is 5.67. The lowest BCUT2D eigenvalue weighted by molar-refractivity contribution is 0.219. The highest BCUT2D eigenvalue weighted by molar-refractivity contribution is 5.27. The highest BCUT2D eigenvalue weighted by atomic mass is 16.3. The molecule has 1 unspecified atom stereocenters. The van der Waals surface area contributed by atoms with Gasteiger partial charge in [-0.25, -0.2) is 0 Å². The van der Waals surface area contributed by atoms with Crippen LogP contribution in [-0.4, -0.2) is 6.54 Å². The molecule has 1 aliphatic heterocycles. The SMILES string of the molecule is CC(C)(C)CCC1(C)NCCc2ccoc21. The van der Waals surface area contributed by atoms with Crippen molar-refractivity contribution in [1.29, 1.82) is 0 Å². The Hall–Kier alpha value is -0.760. The van der Waals surface area contributed by atoms with Crippen LogP contribution in [-0.2, 0) is 12.0 Å². The molecule has 0 aromatic carbocycles. The van der Waals surface area contributed by atoms with Crippen LogP contribution < -0.4 is 5.32 Å². The van der Waals surface area contributed by atoms with Gasteiger partial charge in [0.2, 0.25) is 0 Å². The second-order valence-corrected chi connectivity index (χ2v) is 6.34. The fraction of sp³-hybridized carbons (Fsp3) is 0.714. The van der Waals surface area contributed by atoms with Crippen molar-refractivity contribution >= 4 is 0 Å². The highest BCUT2D eigenvalue weighted by Crippen LogP contribution is 2.36. The maximum atomic E-state index is 5.67. The topological polar surface area (TPSA) is 25.2 Å². The van der Waals surface area contributed by atoms with Crippen LogP contribution in [0.3, 0.4) is 0 Å². The largest absolute Gasteiger partial charge is 0.467 e. The van der Waals surface area contributed by atoms with Crippen LogP contribution in [0.1, 0.15) is 51.9 Å². The lowest BCUT2D eigenvalue weighted by Gasteiger charge is -2.35. The van der Waals surface area contributed by atoms with E-state index in [2.05, 4.69) is 39.1 Å². The van der Waals surface area contributed by atoms with E-state index in [-0.39, 0.29) is 5.54 Å². The van der Waals surface area contributed by atoms with E-state index in [1.807, 2.05) is 6.26 Å². The van der Waals surface area contributed by atoms with Crippen molar-refractivity contribution in [3.63, 3.8) is 0 Å². The van der Waals surface area contributed by atoms with Crippen molar-refractivity contribution in [1.82, 2.24) is 5.32 Å². The van der Waals surface area contributed by atoms with Crippen LogP contribution in [0.15, 0.2) is 16.7 Å².